The lowest BCUT2D eigenvalue weighted by molar-refractivity contribution is 0.0447. The summed E-state index contributed by atoms with van der Waals surface area (Å²) >= 11 is 0. The highest BCUT2D eigenvalue weighted by molar-refractivity contribution is 5.89. The average molecular weight is 447 g/mol. The largest absolute Gasteiger partial charge is 0.494 e. The lowest BCUT2D eigenvalue weighted by atomic mass is 10.0. The van der Waals surface area contributed by atoms with Gasteiger partial charge in [-0.3, -0.25) is 0 Å². The molecule has 0 aliphatic rings. The molecule has 1 atom stereocenters. The van der Waals surface area contributed by atoms with Gasteiger partial charge in [0, 0.05) is 0 Å². The molecule has 0 radical (unpaired) electrons. The number of esters is 1. The van der Waals surface area contributed by atoms with Crippen molar-refractivity contribution >= 4 is 16.7 Å². The maximum Gasteiger partial charge on any atom is 0.338 e. The molecule has 0 spiro atoms. The molecule has 3 aromatic carbocycles. The van der Waals surface area contributed by atoms with Crippen LogP contribution in [0.25, 0.3) is 10.8 Å². The third kappa shape index (κ3) is 7.92. The number of unbranched alkanes of at least 4 members (excludes halogenated alkanes) is 3. The highest BCUT2D eigenvalue weighted by Gasteiger charge is 2.09. The van der Waals surface area contributed by atoms with Gasteiger partial charge in [-0.05, 0) is 71.3 Å². The van der Waals surface area contributed by atoms with Crippen LogP contribution in [0.3, 0.4) is 0 Å². The molecule has 0 fully saturated rings. The molecule has 0 aliphatic carbocycles. The fourth-order valence-electron chi connectivity index (χ4n) is 3.75. The molecule has 3 aromatic rings. The SMILES string of the molecule is CCCCCCOc1ccc2cc(CCc3ccc(C(=O)OC[C@H](C)CC)cc3)ccc2c1. The predicted octanol–water partition coefficient (Wildman–Crippen LogP) is 7.79. The number of hydrogen-bond donors (Lipinski definition) is 0. The Morgan fingerprint density at radius 2 is 1.52 bits per heavy atom. The maximum atomic E-state index is 12.2. The van der Waals surface area contributed by atoms with E-state index in [2.05, 4.69) is 57.2 Å². The molecule has 0 saturated carbocycles. The topological polar surface area (TPSA) is 35.5 Å². The first-order valence-electron chi connectivity index (χ1n) is 12.5. The van der Waals surface area contributed by atoms with Gasteiger partial charge >= 0.3 is 5.97 Å². The van der Waals surface area contributed by atoms with Crippen molar-refractivity contribution in [3.05, 3.63) is 77.4 Å². The Bertz CT molecular complexity index is 1010. The lowest BCUT2D eigenvalue weighted by Crippen LogP contribution is -2.11. The highest BCUT2D eigenvalue weighted by Crippen LogP contribution is 2.23. The van der Waals surface area contributed by atoms with Gasteiger partial charge in [0.1, 0.15) is 5.75 Å². The second kappa shape index (κ2) is 13.0. The van der Waals surface area contributed by atoms with Crippen molar-refractivity contribution in [2.45, 2.75) is 65.7 Å². The van der Waals surface area contributed by atoms with Crippen LogP contribution in [-0.2, 0) is 17.6 Å². The highest BCUT2D eigenvalue weighted by atomic mass is 16.5. The standard InChI is InChI=1S/C30H38O3/c1-4-6-7-8-19-32-29-18-17-27-20-25(13-16-28(27)21-29)10-9-24-11-14-26(15-12-24)30(31)33-22-23(3)5-2/h11-18,20-21,23H,4-10,19,22H2,1-3H3/t23-/m1/s1. The van der Waals surface area contributed by atoms with Crippen LogP contribution in [0, 0.1) is 5.92 Å². The van der Waals surface area contributed by atoms with Crippen LogP contribution in [-0.4, -0.2) is 19.2 Å². The fourth-order valence-corrected chi connectivity index (χ4v) is 3.75. The van der Waals surface area contributed by atoms with Crippen molar-refractivity contribution < 1.29 is 14.3 Å². The van der Waals surface area contributed by atoms with Crippen molar-refractivity contribution in [3.63, 3.8) is 0 Å². The molecule has 0 heterocycles. The van der Waals surface area contributed by atoms with Crippen molar-refractivity contribution in [1.82, 2.24) is 0 Å². The molecular weight excluding hydrogens is 408 g/mol. The van der Waals surface area contributed by atoms with Gasteiger partial charge in [0.05, 0.1) is 18.8 Å². The monoisotopic (exact) mass is 446 g/mol. The van der Waals surface area contributed by atoms with Crippen molar-refractivity contribution in [2.24, 2.45) is 5.92 Å². The van der Waals surface area contributed by atoms with Gasteiger partial charge in [-0.25, -0.2) is 4.79 Å². The van der Waals surface area contributed by atoms with Crippen molar-refractivity contribution in [1.29, 1.82) is 0 Å². The Hall–Kier alpha value is -2.81. The molecule has 0 unspecified atom stereocenters. The Balaban J connectivity index is 1.51. The van der Waals surface area contributed by atoms with E-state index < -0.39 is 0 Å². The number of fused-ring (bicyclic) bond motifs is 1. The van der Waals surface area contributed by atoms with Gasteiger partial charge in [-0.2, -0.15) is 0 Å². The van der Waals surface area contributed by atoms with Crippen LogP contribution in [0.1, 0.15) is 74.4 Å². The molecule has 3 nitrogen and oxygen atoms in total. The zero-order valence-corrected chi connectivity index (χ0v) is 20.4. The summed E-state index contributed by atoms with van der Waals surface area (Å²) in [5, 5.41) is 2.45. The number of ether oxygens (including phenoxy) is 2. The van der Waals surface area contributed by atoms with E-state index in [1.165, 1.54) is 41.2 Å². The zero-order chi connectivity index (χ0) is 23.5. The summed E-state index contributed by atoms with van der Waals surface area (Å²) in [6.45, 7) is 7.68. The second-order valence-electron chi connectivity index (χ2n) is 9.06. The summed E-state index contributed by atoms with van der Waals surface area (Å²) in [6.07, 6.45) is 7.78. The first-order chi connectivity index (χ1) is 16.1. The summed E-state index contributed by atoms with van der Waals surface area (Å²) in [5.41, 5.74) is 3.16. The van der Waals surface area contributed by atoms with E-state index in [-0.39, 0.29) is 5.97 Å². The summed E-state index contributed by atoms with van der Waals surface area (Å²) in [7, 11) is 0. The van der Waals surface area contributed by atoms with Gasteiger partial charge in [-0.1, -0.05) is 82.9 Å². The molecule has 0 amide bonds. The first kappa shape index (κ1) is 24.8. The molecule has 3 rings (SSSR count). The summed E-state index contributed by atoms with van der Waals surface area (Å²) in [4.78, 5) is 12.2. The van der Waals surface area contributed by atoms with Gasteiger partial charge in [0.15, 0.2) is 0 Å². The van der Waals surface area contributed by atoms with E-state index in [9.17, 15) is 4.79 Å². The molecular formula is C30H38O3. The van der Waals surface area contributed by atoms with Gasteiger partial charge in [0.25, 0.3) is 0 Å². The van der Waals surface area contributed by atoms with Gasteiger partial charge in [-0.15, -0.1) is 0 Å². The predicted molar refractivity (Wildman–Crippen MR) is 137 cm³/mol. The number of carbonyl (C=O) groups excluding carboxylic acids is 1. The number of rotatable bonds is 13. The van der Waals surface area contributed by atoms with Crippen LogP contribution < -0.4 is 4.74 Å². The molecule has 0 bridgehead atoms. The number of hydrogen-bond acceptors (Lipinski definition) is 3. The Morgan fingerprint density at radius 1 is 0.818 bits per heavy atom. The summed E-state index contributed by atoms with van der Waals surface area (Å²) in [6, 6.07) is 20.8. The zero-order valence-electron chi connectivity index (χ0n) is 20.4. The van der Waals surface area contributed by atoms with Gasteiger partial charge in [0.2, 0.25) is 0 Å². The average Bonchev–Trinajstić information content (AvgIpc) is 2.85. The van der Waals surface area contributed by atoms with Crippen LogP contribution in [0.15, 0.2) is 60.7 Å². The van der Waals surface area contributed by atoms with E-state index in [4.69, 9.17) is 9.47 Å². The van der Waals surface area contributed by atoms with Crippen molar-refractivity contribution in [2.75, 3.05) is 13.2 Å². The minimum absolute atomic E-state index is 0.235. The summed E-state index contributed by atoms with van der Waals surface area (Å²) < 4.78 is 11.3. The van der Waals surface area contributed by atoms with Gasteiger partial charge < -0.3 is 9.47 Å². The van der Waals surface area contributed by atoms with Crippen molar-refractivity contribution in [3.8, 4) is 5.75 Å². The van der Waals surface area contributed by atoms with Crippen LogP contribution in [0.4, 0.5) is 0 Å². The van der Waals surface area contributed by atoms with E-state index in [0.717, 1.165) is 38.0 Å². The normalized spacial score (nSPS) is 12.0. The molecule has 0 aliphatic heterocycles. The van der Waals surface area contributed by atoms with E-state index in [1.54, 1.807) is 0 Å². The third-order valence-corrected chi connectivity index (χ3v) is 6.23. The van der Waals surface area contributed by atoms with E-state index >= 15 is 0 Å². The Labute approximate surface area is 199 Å². The lowest BCUT2D eigenvalue weighted by Gasteiger charge is -2.10. The van der Waals surface area contributed by atoms with Crippen LogP contribution in [0.5, 0.6) is 5.75 Å². The molecule has 176 valence electrons. The quantitative estimate of drug-likeness (QED) is 0.199. The minimum atomic E-state index is -0.235. The van der Waals surface area contributed by atoms with E-state index in [0.29, 0.717) is 18.1 Å². The Kier molecular flexibility index (Phi) is 9.80. The van der Waals surface area contributed by atoms with Crippen LogP contribution >= 0.6 is 0 Å². The molecule has 0 saturated heterocycles. The summed E-state index contributed by atoms with van der Waals surface area (Å²) in [5.74, 6) is 1.11. The third-order valence-electron chi connectivity index (χ3n) is 6.23. The molecule has 33 heavy (non-hydrogen) atoms. The van der Waals surface area contributed by atoms with E-state index in [1.807, 2.05) is 24.3 Å². The maximum absolute atomic E-state index is 12.2. The second-order valence-corrected chi connectivity index (χ2v) is 9.06. The first-order valence-corrected chi connectivity index (χ1v) is 12.5. The number of aryl methyl sites for hydroxylation is 2. The smallest absolute Gasteiger partial charge is 0.338 e. The molecule has 0 N–H and O–H groups in total. The van der Waals surface area contributed by atoms with Crippen LogP contribution in [0.2, 0.25) is 0 Å². The molecule has 0 aromatic heterocycles. The Morgan fingerprint density at radius 3 is 2.27 bits per heavy atom. The fraction of sp³-hybridized carbons (Fsp3) is 0.433. The number of carbonyl (C=O) groups is 1. The number of benzene rings is 3. The minimum Gasteiger partial charge on any atom is -0.494 e. The molecule has 3 heteroatoms.